The Hall–Kier alpha value is -0.840. The Bertz CT molecular complexity index is 448. The molecule has 0 radical (unpaired) electrons. The van der Waals surface area contributed by atoms with Crippen LogP contribution < -0.4 is 10.2 Å². The predicted octanol–water partition coefficient (Wildman–Crippen LogP) is 3.93. The van der Waals surface area contributed by atoms with Gasteiger partial charge in [-0.05, 0) is 47.0 Å². The Labute approximate surface area is 130 Å². The second-order valence-corrected chi connectivity index (χ2v) is 7.31. The second kappa shape index (κ2) is 6.29. The van der Waals surface area contributed by atoms with E-state index in [1.807, 2.05) is 0 Å². The van der Waals surface area contributed by atoms with Crippen molar-refractivity contribution in [3.63, 3.8) is 0 Å². The lowest BCUT2D eigenvalue weighted by Gasteiger charge is -2.39. The Morgan fingerprint density at radius 2 is 1.95 bits per heavy atom. The van der Waals surface area contributed by atoms with Crippen molar-refractivity contribution in [3.05, 3.63) is 10.8 Å². The number of rotatable bonds is 3. The lowest BCUT2D eigenvalue weighted by molar-refractivity contribution is 0.198. The van der Waals surface area contributed by atoms with Crippen LogP contribution in [-0.2, 0) is 0 Å². The van der Waals surface area contributed by atoms with E-state index < -0.39 is 0 Å². The monoisotopic (exact) mass is 340 g/mol. The van der Waals surface area contributed by atoms with E-state index in [9.17, 15) is 0 Å². The van der Waals surface area contributed by atoms with E-state index in [4.69, 9.17) is 0 Å². The molecule has 0 amide bonds. The van der Waals surface area contributed by atoms with Gasteiger partial charge in [0.05, 0.1) is 0 Å². The molecule has 1 aliphatic heterocycles. The van der Waals surface area contributed by atoms with Crippen LogP contribution in [0.1, 0.15) is 40.5 Å². The zero-order valence-corrected chi connectivity index (χ0v) is 14.5. The van der Waals surface area contributed by atoms with Crippen LogP contribution in [0, 0.1) is 11.3 Å². The Morgan fingerprint density at radius 3 is 2.50 bits per heavy atom. The molecule has 0 saturated carbocycles. The summed E-state index contributed by atoms with van der Waals surface area (Å²) in [7, 11) is 0. The fraction of sp³-hybridized carbons (Fsp3) is 0.733. The number of nitrogens with zero attached hydrogens (tertiary/aromatic N) is 3. The number of nitrogens with one attached hydrogen (secondary N) is 1. The van der Waals surface area contributed by atoms with Gasteiger partial charge in [-0.2, -0.15) is 0 Å². The molecule has 4 nitrogen and oxygen atoms in total. The van der Waals surface area contributed by atoms with Crippen molar-refractivity contribution < 1.29 is 0 Å². The van der Waals surface area contributed by atoms with Gasteiger partial charge in [0.1, 0.15) is 22.4 Å². The number of anilines is 2. The third-order valence-corrected chi connectivity index (χ3v) is 4.86. The third kappa shape index (κ3) is 3.43. The van der Waals surface area contributed by atoms with Crippen molar-refractivity contribution in [1.82, 2.24) is 9.97 Å². The van der Waals surface area contributed by atoms with Crippen LogP contribution in [0.2, 0.25) is 0 Å². The molecule has 1 aliphatic rings. The van der Waals surface area contributed by atoms with E-state index in [1.54, 1.807) is 6.33 Å². The van der Waals surface area contributed by atoms with Crippen molar-refractivity contribution in [2.24, 2.45) is 11.3 Å². The molecule has 2 heterocycles. The standard InChI is InChI=1S/C15H25BrN4/c1-5-17-13-12(16)14(19-10-18-13)20-8-6-11(7-9-20)15(2,3)4/h10-11H,5-9H2,1-4H3,(H,17,18,19). The highest BCUT2D eigenvalue weighted by Crippen LogP contribution is 2.37. The molecule has 5 heteroatoms. The minimum absolute atomic E-state index is 0.407. The van der Waals surface area contributed by atoms with E-state index in [0.717, 1.165) is 41.7 Å². The Balaban J connectivity index is 2.09. The molecule has 0 unspecified atom stereocenters. The first-order chi connectivity index (χ1) is 9.43. The van der Waals surface area contributed by atoms with Gasteiger partial charge in [0.15, 0.2) is 0 Å². The highest BCUT2D eigenvalue weighted by Gasteiger charge is 2.30. The quantitative estimate of drug-likeness (QED) is 0.904. The lowest BCUT2D eigenvalue weighted by Crippen LogP contribution is -2.38. The predicted molar refractivity (Wildman–Crippen MR) is 88.3 cm³/mol. The second-order valence-electron chi connectivity index (χ2n) is 6.52. The fourth-order valence-corrected chi connectivity index (χ4v) is 3.42. The number of hydrogen-bond donors (Lipinski definition) is 1. The van der Waals surface area contributed by atoms with Crippen molar-refractivity contribution in [1.29, 1.82) is 0 Å². The highest BCUT2D eigenvalue weighted by molar-refractivity contribution is 9.10. The van der Waals surface area contributed by atoms with E-state index in [1.165, 1.54) is 12.8 Å². The summed E-state index contributed by atoms with van der Waals surface area (Å²) in [4.78, 5) is 11.1. The van der Waals surface area contributed by atoms with Crippen molar-refractivity contribution >= 4 is 27.6 Å². The van der Waals surface area contributed by atoms with Gasteiger partial charge in [0, 0.05) is 19.6 Å². The van der Waals surface area contributed by atoms with Crippen LogP contribution in [0.25, 0.3) is 0 Å². The largest absolute Gasteiger partial charge is 0.369 e. The zero-order valence-electron chi connectivity index (χ0n) is 12.9. The van der Waals surface area contributed by atoms with Crippen LogP contribution in [0.15, 0.2) is 10.8 Å². The molecule has 20 heavy (non-hydrogen) atoms. The maximum atomic E-state index is 4.46. The summed E-state index contributed by atoms with van der Waals surface area (Å²) in [5, 5.41) is 3.26. The third-order valence-electron chi connectivity index (χ3n) is 4.13. The summed E-state index contributed by atoms with van der Waals surface area (Å²) in [5.74, 6) is 2.70. The molecular weight excluding hydrogens is 316 g/mol. The van der Waals surface area contributed by atoms with E-state index >= 15 is 0 Å². The number of aromatic nitrogens is 2. The van der Waals surface area contributed by atoms with Gasteiger partial charge in [0.25, 0.3) is 0 Å². The van der Waals surface area contributed by atoms with Gasteiger partial charge in [0.2, 0.25) is 0 Å². The molecule has 112 valence electrons. The Kier molecular flexibility index (Phi) is 4.89. The first-order valence-electron chi connectivity index (χ1n) is 7.42. The van der Waals surface area contributed by atoms with Gasteiger partial charge in [-0.25, -0.2) is 9.97 Å². The summed E-state index contributed by atoms with van der Waals surface area (Å²) in [6.45, 7) is 12.1. The van der Waals surface area contributed by atoms with Crippen LogP contribution in [-0.4, -0.2) is 29.6 Å². The zero-order chi connectivity index (χ0) is 14.8. The van der Waals surface area contributed by atoms with Gasteiger partial charge < -0.3 is 10.2 Å². The van der Waals surface area contributed by atoms with Crippen molar-refractivity contribution in [3.8, 4) is 0 Å². The number of piperidine rings is 1. The molecule has 0 spiro atoms. The van der Waals surface area contributed by atoms with Crippen LogP contribution >= 0.6 is 15.9 Å². The first-order valence-corrected chi connectivity index (χ1v) is 8.22. The van der Waals surface area contributed by atoms with Crippen LogP contribution in [0.5, 0.6) is 0 Å². The van der Waals surface area contributed by atoms with Gasteiger partial charge in [-0.3, -0.25) is 0 Å². The molecule has 1 aromatic heterocycles. The minimum Gasteiger partial charge on any atom is -0.369 e. The summed E-state index contributed by atoms with van der Waals surface area (Å²) >= 11 is 3.64. The summed E-state index contributed by atoms with van der Waals surface area (Å²) < 4.78 is 0.982. The molecule has 0 aliphatic carbocycles. The van der Waals surface area contributed by atoms with Crippen molar-refractivity contribution in [2.75, 3.05) is 29.9 Å². The summed E-state index contributed by atoms with van der Waals surface area (Å²) in [6.07, 6.45) is 4.11. The van der Waals surface area contributed by atoms with Crippen LogP contribution in [0.4, 0.5) is 11.6 Å². The minimum atomic E-state index is 0.407. The average molecular weight is 341 g/mol. The maximum absolute atomic E-state index is 4.46. The molecule has 1 saturated heterocycles. The SMILES string of the molecule is CCNc1ncnc(N2CCC(C(C)(C)C)CC2)c1Br. The smallest absolute Gasteiger partial charge is 0.148 e. The molecule has 2 rings (SSSR count). The van der Waals surface area contributed by atoms with E-state index in [0.29, 0.717) is 5.41 Å². The van der Waals surface area contributed by atoms with Crippen LogP contribution in [0.3, 0.4) is 0 Å². The van der Waals surface area contributed by atoms with Crippen molar-refractivity contribution in [2.45, 2.75) is 40.5 Å². The molecule has 0 aromatic carbocycles. The molecule has 0 bridgehead atoms. The van der Waals surface area contributed by atoms with E-state index in [2.05, 4.69) is 63.8 Å². The molecule has 0 atom stereocenters. The molecular formula is C15H25BrN4. The number of hydrogen-bond acceptors (Lipinski definition) is 4. The summed E-state index contributed by atoms with van der Waals surface area (Å²) in [5.41, 5.74) is 0.407. The first kappa shape index (κ1) is 15.5. The van der Waals surface area contributed by atoms with Gasteiger partial charge >= 0.3 is 0 Å². The van der Waals surface area contributed by atoms with Gasteiger partial charge in [-0.15, -0.1) is 0 Å². The Morgan fingerprint density at radius 1 is 1.30 bits per heavy atom. The maximum Gasteiger partial charge on any atom is 0.148 e. The normalized spacial score (nSPS) is 17.4. The van der Waals surface area contributed by atoms with E-state index in [-0.39, 0.29) is 0 Å². The molecule has 1 aromatic rings. The molecule has 1 N–H and O–H groups in total. The highest BCUT2D eigenvalue weighted by atomic mass is 79.9. The fourth-order valence-electron chi connectivity index (χ4n) is 2.83. The average Bonchev–Trinajstić information content (AvgIpc) is 2.41. The summed E-state index contributed by atoms with van der Waals surface area (Å²) in [6, 6.07) is 0. The molecule has 1 fully saturated rings. The lowest BCUT2D eigenvalue weighted by atomic mass is 9.75. The van der Waals surface area contributed by atoms with Gasteiger partial charge in [-0.1, -0.05) is 20.8 Å². The number of halogens is 1. The topological polar surface area (TPSA) is 41.1 Å².